The Balaban J connectivity index is 2.06. The smallest absolute Gasteiger partial charge is 0.159 e. The highest BCUT2D eigenvalue weighted by Gasteiger charge is 2.16. The zero-order valence-electron chi connectivity index (χ0n) is 9.36. The lowest BCUT2D eigenvalue weighted by Gasteiger charge is -2.21. The molecule has 2 aromatic carbocycles. The lowest BCUT2D eigenvalue weighted by molar-refractivity contribution is 0.101. The summed E-state index contributed by atoms with van der Waals surface area (Å²) in [6, 6.07) is 13.1. The van der Waals surface area contributed by atoms with Crippen molar-refractivity contribution in [1.29, 1.82) is 0 Å². The molecule has 3 rings (SSSR count). The van der Waals surface area contributed by atoms with E-state index < -0.39 is 0 Å². The molecule has 0 bridgehead atoms. The number of carbonyl (C=O) groups excluding carboxylic acids is 1. The molecule has 1 aliphatic rings. The van der Waals surface area contributed by atoms with Crippen LogP contribution in [0, 0.1) is 0 Å². The Bertz CT molecular complexity index is 605. The molecule has 0 fully saturated rings. The molecule has 0 saturated heterocycles. The van der Waals surface area contributed by atoms with Crippen molar-refractivity contribution >= 4 is 17.2 Å². The molecule has 1 aliphatic heterocycles. The fourth-order valence-electron chi connectivity index (χ4n) is 1.86. The lowest BCUT2D eigenvalue weighted by Crippen LogP contribution is -2.04. The Kier molecular flexibility index (Phi) is 2.11. The molecule has 17 heavy (non-hydrogen) atoms. The first kappa shape index (κ1) is 9.90. The van der Waals surface area contributed by atoms with E-state index in [-0.39, 0.29) is 5.78 Å². The molecule has 0 aliphatic carbocycles. The van der Waals surface area contributed by atoms with Gasteiger partial charge in [-0.1, -0.05) is 12.1 Å². The van der Waals surface area contributed by atoms with Crippen LogP contribution < -0.4 is 10.1 Å². The quantitative estimate of drug-likeness (QED) is 0.641. The number of ketones is 1. The number of para-hydroxylation sites is 2. The average molecular weight is 225 g/mol. The standard InChI is InChI=1S/C14H11NO2/c1-9(16)10-6-7-14-12(8-10)15-11-4-2-3-5-13(11)17-14/h2-8,15H,1H3. The van der Waals surface area contributed by atoms with Gasteiger partial charge in [-0.3, -0.25) is 4.79 Å². The van der Waals surface area contributed by atoms with E-state index in [0.29, 0.717) is 5.56 Å². The van der Waals surface area contributed by atoms with Crippen LogP contribution >= 0.6 is 0 Å². The number of rotatable bonds is 1. The van der Waals surface area contributed by atoms with Crippen LogP contribution in [-0.2, 0) is 0 Å². The largest absolute Gasteiger partial charge is 0.453 e. The van der Waals surface area contributed by atoms with Crippen LogP contribution in [0.4, 0.5) is 11.4 Å². The summed E-state index contributed by atoms with van der Waals surface area (Å²) in [7, 11) is 0. The average Bonchev–Trinajstić information content (AvgIpc) is 2.35. The Labute approximate surface area is 99.0 Å². The predicted octanol–water partition coefficient (Wildman–Crippen LogP) is 3.74. The van der Waals surface area contributed by atoms with E-state index in [2.05, 4.69) is 5.32 Å². The van der Waals surface area contributed by atoms with Gasteiger partial charge in [0.2, 0.25) is 0 Å². The fourth-order valence-corrected chi connectivity index (χ4v) is 1.86. The molecule has 0 atom stereocenters. The molecule has 1 heterocycles. The zero-order valence-corrected chi connectivity index (χ0v) is 9.36. The maximum absolute atomic E-state index is 11.3. The highest BCUT2D eigenvalue weighted by atomic mass is 16.5. The second kappa shape index (κ2) is 3.63. The monoisotopic (exact) mass is 225 g/mol. The summed E-state index contributed by atoms with van der Waals surface area (Å²) in [4.78, 5) is 11.3. The molecule has 0 saturated carbocycles. The van der Waals surface area contributed by atoms with Crippen molar-refractivity contribution in [3.05, 3.63) is 48.0 Å². The van der Waals surface area contributed by atoms with E-state index in [1.807, 2.05) is 36.4 Å². The van der Waals surface area contributed by atoms with Crippen molar-refractivity contribution in [3.8, 4) is 11.5 Å². The molecule has 2 aromatic rings. The predicted molar refractivity (Wildman–Crippen MR) is 66.2 cm³/mol. The normalized spacial score (nSPS) is 11.8. The van der Waals surface area contributed by atoms with Gasteiger partial charge < -0.3 is 10.1 Å². The molecule has 3 heteroatoms. The summed E-state index contributed by atoms with van der Waals surface area (Å²) in [5.74, 6) is 1.60. The summed E-state index contributed by atoms with van der Waals surface area (Å²) in [5.41, 5.74) is 2.43. The number of fused-ring (bicyclic) bond motifs is 2. The first-order valence-electron chi connectivity index (χ1n) is 5.43. The molecule has 0 spiro atoms. The lowest BCUT2D eigenvalue weighted by atomic mass is 10.1. The summed E-state index contributed by atoms with van der Waals surface area (Å²) in [6.07, 6.45) is 0. The molecular weight excluding hydrogens is 214 g/mol. The van der Waals surface area contributed by atoms with Crippen LogP contribution in [0.1, 0.15) is 17.3 Å². The number of hydrogen-bond donors (Lipinski definition) is 1. The van der Waals surface area contributed by atoms with Crippen molar-refractivity contribution in [2.75, 3.05) is 5.32 Å². The van der Waals surface area contributed by atoms with E-state index in [0.717, 1.165) is 22.9 Å². The highest BCUT2D eigenvalue weighted by Crippen LogP contribution is 2.41. The Morgan fingerprint density at radius 1 is 1.06 bits per heavy atom. The maximum atomic E-state index is 11.3. The van der Waals surface area contributed by atoms with E-state index >= 15 is 0 Å². The summed E-state index contributed by atoms with van der Waals surface area (Å²) in [5, 5.41) is 3.26. The van der Waals surface area contributed by atoms with E-state index in [1.165, 1.54) is 0 Å². The number of anilines is 2. The molecule has 0 aromatic heterocycles. The highest BCUT2D eigenvalue weighted by molar-refractivity contribution is 5.96. The van der Waals surface area contributed by atoms with Crippen molar-refractivity contribution in [3.63, 3.8) is 0 Å². The van der Waals surface area contributed by atoms with Gasteiger partial charge in [0.25, 0.3) is 0 Å². The van der Waals surface area contributed by atoms with Gasteiger partial charge in [-0.15, -0.1) is 0 Å². The van der Waals surface area contributed by atoms with E-state index in [4.69, 9.17) is 4.74 Å². The number of Topliss-reactive ketones (excluding diaryl/α,β-unsaturated/α-hetero) is 1. The van der Waals surface area contributed by atoms with Crippen LogP contribution in [0.3, 0.4) is 0 Å². The molecule has 1 N–H and O–H groups in total. The second-order valence-electron chi connectivity index (χ2n) is 3.99. The first-order valence-corrected chi connectivity index (χ1v) is 5.43. The third-order valence-corrected chi connectivity index (χ3v) is 2.76. The SMILES string of the molecule is CC(=O)c1ccc2c(c1)Nc1ccccc1O2. The fraction of sp³-hybridized carbons (Fsp3) is 0.0714. The Morgan fingerprint density at radius 3 is 2.65 bits per heavy atom. The number of ether oxygens (including phenoxy) is 1. The van der Waals surface area contributed by atoms with Crippen molar-refractivity contribution in [2.24, 2.45) is 0 Å². The second-order valence-corrected chi connectivity index (χ2v) is 3.99. The van der Waals surface area contributed by atoms with Gasteiger partial charge in [0.1, 0.15) is 0 Å². The number of hydrogen-bond acceptors (Lipinski definition) is 3. The molecule has 84 valence electrons. The van der Waals surface area contributed by atoms with Crippen LogP contribution in [0.15, 0.2) is 42.5 Å². The van der Waals surface area contributed by atoms with E-state index in [9.17, 15) is 4.79 Å². The molecule has 0 radical (unpaired) electrons. The maximum Gasteiger partial charge on any atom is 0.159 e. The van der Waals surface area contributed by atoms with E-state index in [1.54, 1.807) is 13.0 Å². The van der Waals surface area contributed by atoms with Crippen LogP contribution in [0.25, 0.3) is 0 Å². The number of benzene rings is 2. The van der Waals surface area contributed by atoms with Crippen LogP contribution in [0.2, 0.25) is 0 Å². The Morgan fingerprint density at radius 2 is 1.82 bits per heavy atom. The summed E-state index contributed by atoms with van der Waals surface area (Å²) < 4.78 is 5.74. The van der Waals surface area contributed by atoms with Crippen molar-refractivity contribution < 1.29 is 9.53 Å². The minimum Gasteiger partial charge on any atom is -0.453 e. The Hall–Kier alpha value is -2.29. The van der Waals surface area contributed by atoms with Crippen molar-refractivity contribution in [1.82, 2.24) is 0 Å². The topological polar surface area (TPSA) is 38.3 Å². The van der Waals surface area contributed by atoms with Crippen LogP contribution in [-0.4, -0.2) is 5.78 Å². The van der Waals surface area contributed by atoms with Crippen LogP contribution in [0.5, 0.6) is 11.5 Å². The summed E-state index contributed by atoms with van der Waals surface area (Å²) in [6.45, 7) is 1.55. The molecular formula is C14H11NO2. The van der Waals surface area contributed by atoms with Gasteiger partial charge in [-0.05, 0) is 37.3 Å². The van der Waals surface area contributed by atoms with Gasteiger partial charge in [0, 0.05) is 5.56 Å². The van der Waals surface area contributed by atoms with Gasteiger partial charge in [-0.2, -0.15) is 0 Å². The third kappa shape index (κ3) is 1.65. The summed E-state index contributed by atoms with van der Waals surface area (Å²) >= 11 is 0. The number of carbonyl (C=O) groups is 1. The van der Waals surface area contributed by atoms with Gasteiger partial charge >= 0.3 is 0 Å². The van der Waals surface area contributed by atoms with Gasteiger partial charge in [0.15, 0.2) is 17.3 Å². The van der Waals surface area contributed by atoms with Crippen molar-refractivity contribution in [2.45, 2.75) is 6.92 Å². The molecule has 0 unspecified atom stereocenters. The van der Waals surface area contributed by atoms with Gasteiger partial charge in [0.05, 0.1) is 11.4 Å². The first-order chi connectivity index (χ1) is 8.24. The minimum absolute atomic E-state index is 0.0495. The zero-order chi connectivity index (χ0) is 11.8. The van der Waals surface area contributed by atoms with Gasteiger partial charge in [-0.25, -0.2) is 0 Å². The molecule has 3 nitrogen and oxygen atoms in total. The minimum atomic E-state index is 0.0495. The third-order valence-electron chi connectivity index (χ3n) is 2.76. The molecule has 0 amide bonds. The number of nitrogens with one attached hydrogen (secondary N) is 1.